The van der Waals surface area contributed by atoms with Gasteiger partial charge in [0.2, 0.25) is 5.75 Å². The molecule has 0 atom stereocenters. The minimum absolute atomic E-state index is 0.201. The second-order valence-electron chi connectivity index (χ2n) is 4.62. The van der Waals surface area contributed by atoms with E-state index in [2.05, 4.69) is 0 Å². The fraction of sp³-hybridized carbons (Fsp3) is 0.385. The molecule has 1 aromatic rings. The van der Waals surface area contributed by atoms with Crippen molar-refractivity contribution in [3.05, 3.63) is 11.1 Å². The number of hydrogen-bond donors (Lipinski definition) is 5. The van der Waals surface area contributed by atoms with Gasteiger partial charge in [-0.05, 0) is 20.8 Å². The topological polar surface area (TPSA) is 134 Å². The summed E-state index contributed by atoms with van der Waals surface area (Å²) in [5, 5.41) is 36.6. The number of carbonyl (C=O) groups excluding carboxylic acids is 1. The molecule has 0 fully saturated rings. The zero-order chi connectivity index (χ0) is 16.5. The van der Waals surface area contributed by atoms with Crippen LogP contribution in [0.2, 0.25) is 0 Å². The molecule has 1 aromatic carbocycles. The van der Waals surface area contributed by atoms with Gasteiger partial charge in [-0.3, -0.25) is 15.2 Å². The van der Waals surface area contributed by atoms with Crippen molar-refractivity contribution in [2.45, 2.75) is 20.8 Å². The van der Waals surface area contributed by atoms with E-state index in [1.54, 1.807) is 6.92 Å². The number of nitrogens with two attached hydrogens (primary N) is 1. The highest BCUT2D eigenvalue weighted by atomic mass is 16.3. The van der Waals surface area contributed by atoms with Crippen LogP contribution in [0.15, 0.2) is 0 Å². The van der Waals surface area contributed by atoms with Gasteiger partial charge in [-0.15, -0.1) is 0 Å². The predicted molar refractivity (Wildman–Crippen MR) is 79.0 cm³/mol. The van der Waals surface area contributed by atoms with Crippen LogP contribution in [0, 0.1) is 19.3 Å². The van der Waals surface area contributed by atoms with Crippen LogP contribution >= 0.6 is 0 Å². The first kappa shape index (κ1) is 16.4. The maximum atomic E-state index is 12.3. The van der Waals surface area contributed by atoms with Crippen LogP contribution in [0.3, 0.4) is 0 Å². The Bertz CT molecular complexity index is 571. The molecule has 0 spiro atoms. The molecule has 0 heterocycles. The maximum absolute atomic E-state index is 12.3. The molecule has 0 saturated carbocycles. The Morgan fingerprint density at radius 3 is 1.90 bits per heavy atom. The van der Waals surface area contributed by atoms with E-state index in [0.29, 0.717) is 0 Å². The molecule has 0 radical (unpaired) electrons. The van der Waals surface area contributed by atoms with Crippen LogP contribution < -0.4 is 10.6 Å². The van der Waals surface area contributed by atoms with Crippen molar-refractivity contribution in [1.29, 1.82) is 5.41 Å². The lowest BCUT2D eigenvalue weighted by Crippen LogP contribution is -2.47. The van der Waals surface area contributed by atoms with Gasteiger partial charge < -0.3 is 21.1 Å². The van der Waals surface area contributed by atoms with Crippen LogP contribution in [-0.4, -0.2) is 45.8 Å². The smallest absolute Gasteiger partial charge is 0.331 e. The highest BCUT2D eigenvalue weighted by Crippen LogP contribution is 2.46. The zero-order valence-electron chi connectivity index (χ0n) is 12.4. The average molecular weight is 296 g/mol. The Kier molecular flexibility index (Phi) is 4.52. The van der Waals surface area contributed by atoms with E-state index in [9.17, 15) is 20.1 Å². The number of guanidine groups is 1. The van der Waals surface area contributed by atoms with Crippen LogP contribution in [0.25, 0.3) is 0 Å². The summed E-state index contributed by atoms with van der Waals surface area (Å²) in [6.45, 7) is 4.88. The van der Waals surface area contributed by atoms with Gasteiger partial charge in [0.25, 0.3) is 0 Å². The van der Waals surface area contributed by atoms with E-state index in [0.717, 1.165) is 9.80 Å². The largest absolute Gasteiger partial charge is 0.504 e. The van der Waals surface area contributed by atoms with Gasteiger partial charge in [0.1, 0.15) is 0 Å². The Morgan fingerprint density at radius 2 is 1.57 bits per heavy atom. The number of nitrogens with zero attached hydrogens (tertiary/aromatic N) is 2. The monoisotopic (exact) mass is 296 g/mol. The SMILES string of the molecule is CCN(C(=N)N)C(=O)N(C)c1c(C)c(O)c(O)c(O)c1C. The van der Waals surface area contributed by atoms with Crippen LogP contribution in [0.1, 0.15) is 18.1 Å². The lowest BCUT2D eigenvalue weighted by molar-refractivity contribution is 0.229. The molecule has 0 aliphatic rings. The van der Waals surface area contributed by atoms with Gasteiger partial charge in [-0.1, -0.05) is 0 Å². The summed E-state index contributed by atoms with van der Waals surface area (Å²) in [5.74, 6) is -2.04. The normalized spacial score (nSPS) is 10.3. The second kappa shape index (κ2) is 5.78. The number of phenols is 3. The van der Waals surface area contributed by atoms with Gasteiger partial charge in [0.15, 0.2) is 17.5 Å². The minimum atomic E-state index is -0.631. The summed E-state index contributed by atoms with van der Waals surface area (Å²) in [7, 11) is 1.43. The van der Waals surface area contributed by atoms with Crippen molar-refractivity contribution in [3.8, 4) is 17.2 Å². The number of phenolic OH excluding ortho intramolecular Hbond substituents is 3. The van der Waals surface area contributed by atoms with Crippen molar-refractivity contribution < 1.29 is 20.1 Å². The van der Waals surface area contributed by atoms with E-state index >= 15 is 0 Å². The first-order valence-corrected chi connectivity index (χ1v) is 6.28. The molecule has 2 amide bonds. The molecule has 8 nitrogen and oxygen atoms in total. The van der Waals surface area contributed by atoms with Crippen molar-refractivity contribution in [2.75, 3.05) is 18.5 Å². The van der Waals surface area contributed by atoms with Crippen molar-refractivity contribution >= 4 is 17.7 Å². The molecule has 0 aromatic heterocycles. The number of carbonyl (C=O) groups is 1. The van der Waals surface area contributed by atoms with Crippen LogP contribution in [0.5, 0.6) is 17.2 Å². The summed E-state index contributed by atoms with van der Waals surface area (Å²) >= 11 is 0. The van der Waals surface area contributed by atoms with Gasteiger partial charge in [-0.25, -0.2) is 4.79 Å². The van der Waals surface area contributed by atoms with Crippen molar-refractivity contribution in [2.24, 2.45) is 5.73 Å². The number of rotatable bonds is 2. The molecular weight excluding hydrogens is 276 g/mol. The zero-order valence-corrected chi connectivity index (χ0v) is 12.4. The Balaban J connectivity index is 3.41. The van der Waals surface area contributed by atoms with Crippen molar-refractivity contribution in [1.82, 2.24) is 4.90 Å². The minimum Gasteiger partial charge on any atom is -0.504 e. The molecular formula is C13H20N4O4. The molecule has 0 bridgehead atoms. The fourth-order valence-electron chi connectivity index (χ4n) is 2.16. The molecule has 0 aliphatic heterocycles. The summed E-state index contributed by atoms with van der Waals surface area (Å²) in [4.78, 5) is 14.5. The number of urea groups is 1. The highest BCUT2D eigenvalue weighted by Gasteiger charge is 2.27. The molecule has 116 valence electrons. The third-order valence-electron chi connectivity index (χ3n) is 3.33. The molecule has 0 saturated heterocycles. The molecule has 6 N–H and O–H groups in total. The van der Waals surface area contributed by atoms with Gasteiger partial charge in [0, 0.05) is 24.7 Å². The lowest BCUT2D eigenvalue weighted by atomic mass is 10.0. The van der Waals surface area contributed by atoms with Gasteiger partial charge in [0.05, 0.1) is 5.69 Å². The standard InChI is InChI=1S/C13H20N4O4/c1-5-17(12(14)15)13(21)16(4)8-6(2)9(18)11(20)10(19)7(8)3/h18-20H,5H2,1-4H3,(H3,14,15). The summed E-state index contributed by atoms with van der Waals surface area (Å²) in [6, 6.07) is -0.583. The predicted octanol–water partition coefficient (Wildman–Crippen LogP) is 1.19. The molecule has 0 aliphatic carbocycles. The van der Waals surface area contributed by atoms with E-state index in [-0.39, 0.29) is 23.4 Å². The number of anilines is 1. The number of benzene rings is 1. The quantitative estimate of drug-likeness (QED) is 0.317. The van der Waals surface area contributed by atoms with Gasteiger partial charge >= 0.3 is 6.03 Å². The molecule has 21 heavy (non-hydrogen) atoms. The molecule has 8 heteroatoms. The first-order valence-electron chi connectivity index (χ1n) is 6.28. The van der Waals surface area contributed by atoms with Crippen LogP contribution in [0.4, 0.5) is 10.5 Å². The average Bonchev–Trinajstić information content (AvgIpc) is 2.43. The van der Waals surface area contributed by atoms with Gasteiger partial charge in [-0.2, -0.15) is 0 Å². The van der Waals surface area contributed by atoms with E-state index in [1.165, 1.54) is 20.9 Å². The van der Waals surface area contributed by atoms with Crippen LogP contribution in [-0.2, 0) is 0 Å². The highest BCUT2D eigenvalue weighted by molar-refractivity contribution is 6.03. The third kappa shape index (κ3) is 2.64. The molecule has 0 unspecified atom stereocenters. The summed E-state index contributed by atoms with van der Waals surface area (Å²) in [5.41, 5.74) is 6.06. The summed E-state index contributed by atoms with van der Waals surface area (Å²) < 4.78 is 0. The number of aromatic hydroxyl groups is 3. The molecule has 1 rings (SSSR count). The number of amides is 2. The van der Waals surface area contributed by atoms with E-state index < -0.39 is 29.2 Å². The number of nitrogens with one attached hydrogen (secondary N) is 1. The third-order valence-corrected chi connectivity index (χ3v) is 3.33. The van der Waals surface area contributed by atoms with E-state index in [4.69, 9.17) is 11.1 Å². The Morgan fingerprint density at radius 1 is 1.14 bits per heavy atom. The van der Waals surface area contributed by atoms with Crippen molar-refractivity contribution in [3.63, 3.8) is 0 Å². The van der Waals surface area contributed by atoms with E-state index in [1.807, 2.05) is 0 Å². The second-order valence-corrected chi connectivity index (χ2v) is 4.62. The fourth-order valence-corrected chi connectivity index (χ4v) is 2.16. The first-order chi connectivity index (χ1) is 9.64. The summed E-state index contributed by atoms with van der Waals surface area (Å²) in [6.07, 6.45) is 0. The number of hydrogen-bond acceptors (Lipinski definition) is 5. The maximum Gasteiger partial charge on any atom is 0.331 e. The lowest BCUT2D eigenvalue weighted by Gasteiger charge is -2.28. The Labute approximate surface area is 122 Å². The Hall–Kier alpha value is -2.64.